The van der Waals surface area contributed by atoms with Gasteiger partial charge in [-0.2, -0.15) is 0 Å². The summed E-state index contributed by atoms with van der Waals surface area (Å²) < 4.78 is 5.31. The number of nitrogens with one attached hydrogen (secondary N) is 1. The van der Waals surface area contributed by atoms with E-state index in [0.29, 0.717) is 12.3 Å². The molecule has 2 rings (SSSR count). The van der Waals surface area contributed by atoms with Crippen LogP contribution >= 0.6 is 0 Å². The molecule has 6 nitrogen and oxygen atoms in total. The Balaban J connectivity index is 1.82. The molecule has 0 saturated heterocycles. The normalized spacial score (nSPS) is 10.2. The Morgan fingerprint density at radius 3 is 2.48 bits per heavy atom. The van der Waals surface area contributed by atoms with Crippen LogP contribution in [0.5, 0.6) is 5.75 Å². The summed E-state index contributed by atoms with van der Waals surface area (Å²) in [5, 5.41) is 13.3. The third-order valence-corrected chi connectivity index (χ3v) is 3.39. The smallest absolute Gasteiger partial charge is 0.269 e. The first-order valence-electron chi connectivity index (χ1n) is 7.16. The molecule has 0 fully saturated rings. The summed E-state index contributed by atoms with van der Waals surface area (Å²) in [6.07, 6.45) is 0. The Morgan fingerprint density at radius 2 is 1.87 bits per heavy atom. The number of carbonyl (C=O) groups is 1. The molecule has 0 radical (unpaired) electrons. The molecule has 0 bridgehead atoms. The minimum absolute atomic E-state index is 0.0170. The standard InChI is InChI=1S/C17H18N2O4/c1-12-3-4-14(13(2)9-12)10-18-17(20)11-23-16-7-5-15(6-8-16)19(21)22/h3-9H,10-11H2,1-2H3,(H,18,20). The van der Waals surface area contributed by atoms with E-state index in [4.69, 9.17) is 4.74 Å². The van der Waals surface area contributed by atoms with Crippen molar-refractivity contribution in [1.29, 1.82) is 0 Å². The first-order chi connectivity index (χ1) is 11.0. The van der Waals surface area contributed by atoms with Crippen LogP contribution in [0, 0.1) is 24.0 Å². The summed E-state index contributed by atoms with van der Waals surface area (Å²) in [6.45, 7) is 4.33. The molecular formula is C17H18N2O4. The molecule has 120 valence electrons. The molecular weight excluding hydrogens is 296 g/mol. The van der Waals surface area contributed by atoms with E-state index in [9.17, 15) is 14.9 Å². The number of nitrogens with zero attached hydrogens (tertiary/aromatic N) is 1. The second-order valence-corrected chi connectivity index (χ2v) is 5.25. The lowest BCUT2D eigenvalue weighted by atomic mass is 10.1. The van der Waals surface area contributed by atoms with Crippen molar-refractivity contribution in [2.75, 3.05) is 6.61 Å². The van der Waals surface area contributed by atoms with E-state index in [-0.39, 0.29) is 18.2 Å². The van der Waals surface area contributed by atoms with Gasteiger partial charge in [-0.05, 0) is 37.1 Å². The largest absolute Gasteiger partial charge is 0.484 e. The van der Waals surface area contributed by atoms with Crippen molar-refractivity contribution in [3.8, 4) is 5.75 Å². The molecule has 0 aliphatic rings. The number of hydrogen-bond donors (Lipinski definition) is 1. The second kappa shape index (κ2) is 7.40. The molecule has 1 amide bonds. The number of nitro groups is 1. The van der Waals surface area contributed by atoms with Gasteiger partial charge in [0.1, 0.15) is 5.75 Å². The van der Waals surface area contributed by atoms with Crippen molar-refractivity contribution in [2.45, 2.75) is 20.4 Å². The highest BCUT2D eigenvalue weighted by atomic mass is 16.6. The van der Waals surface area contributed by atoms with E-state index in [1.807, 2.05) is 26.0 Å². The number of aryl methyl sites for hydroxylation is 2. The average Bonchev–Trinajstić information content (AvgIpc) is 2.52. The van der Waals surface area contributed by atoms with Crippen molar-refractivity contribution in [3.05, 3.63) is 69.3 Å². The molecule has 2 aromatic carbocycles. The minimum atomic E-state index is -0.486. The van der Waals surface area contributed by atoms with Gasteiger partial charge >= 0.3 is 0 Å². The maximum absolute atomic E-state index is 11.8. The fraction of sp³-hybridized carbons (Fsp3) is 0.235. The Kier molecular flexibility index (Phi) is 5.30. The zero-order chi connectivity index (χ0) is 16.8. The van der Waals surface area contributed by atoms with Gasteiger partial charge in [-0.15, -0.1) is 0 Å². The Labute approximate surface area is 134 Å². The summed E-state index contributed by atoms with van der Waals surface area (Å²) in [6, 6.07) is 11.7. The summed E-state index contributed by atoms with van der Waals surface area (Å²) >= 11 is 0. The van der Waals surface area contributed by atoms with Crippen LogP contribution < -0.4 is 10.1 Å². The third-order valence-electron chi connectivity index (χ3n) is 3.39. The highest BCUT2D eigenvalue weighted by Gasteiger charge is 2.07. The van der Waals surface area contributed by atoms with E-state index in [1.54, 1.807) is 0 Å². The number of benzene rings is 2. The number of rotatable bonds is 6. The summed E-state index contributed by atoms with van der Waals surface area (Å²) in [5.74, 6) is 0.167. The quantitative estimate of drug-likeness (QED) is 0.656. The number of carbonyl (C=O) groups excluding carboxylic acids is 1. The van der Waals surface area contributed by atoms with Crippen molar-refractivity contribution in [2.24, 2.45) is 0 Å². The van der Waals surface area contributed by atoms with Crippen LogP contribution in [0.3, 0.4) is 0 Å². The van der Waals surface area contributed by atoms with Crippen molar-refractivity contribution in [3.63, 3.8) is 0 Å². The van der Waals surface area contributed by atoms with Crippen molar-refractivity contribution in [1.82, 2.24) is 5.32 Å². The number of amides is 1. The second-order valence-electron chi connectivity index (χ2n) is 5.25. The van der Waals surface area contributed by atoms with Gasteiger partial charge in [0, 0.05) is 18.7 Å². The zero-order valence-electron chi connectivity index (χ0n) is 13.0. The number of non-ortho nitro benzene ring substituents is 1. The maximum Gasteiger partial charge on any atom is 0.269 e. The van der Waals surface area contributed by atoms with Crippen LogP contribution in [-0.4, -0.2) is 17.4 Å². The topological polar surface area (TPSA) is 81.5 Å². The van der Waals surface area contributed by atoms with E-state index < -0.39 is 4.92 Å². The highest BCUT2D eigenvalue weighted by Crippen LogP contribution is 2.17. The van der Waals surface area contributed by atoms with E-state index in [2.05, 4.69) is 11.4 Å². The molecule has 0 atom stereocenters. The Morgan fingerprint density at radius 1 is 1.17 bits per heavy atom. The third kappa shape index (κ3) is 4.81. The van der Waals surface area contributed by atoms with Crippen LogP contribution in [0.4, 0.5) is 5.69 Å². The number of nitro benzene ring substituents is 1. The molecule has 0 aliphatic carbocycles. The van der Waals surface area contributed by atoms with Crippen LogP contribution in [0.15, 0.2) is 42.5 Å². The van der Waals surface area contributed by atoms with Gasteiger partial charge < -0.3 is 10.1 Å². The molecule has 23 heavy (non-hydrogen) atoms. The van der Waals surface area contributed by atoms with E-state index >= 15 is 0 Å². The lowest BCUT2D eigenvalue weighted by Crippen LogP contribution is -2.28. The molecule has 6 heteroatoms. The first-order valence-corrected chi connectivity index (χ1v) is 7.16. The maximum atomic E-state index is 11.8. The fourth-order valence-electron chi connectivity index (χ4n) is 2.10. The molecule has 1 N–H and O–H groups in total. The van der Waals surface area contributed by atoms with E-state index in [0.717, 1.165) is 11.1 Å². The number of hydrogen-bond acceptors (Lipinski definition) is 4. The van der Waals surface area contributed by atoms with Crippen LogP contribution in [-0.2, 0) is 11.3 Å². The summed E-state index contributed by atoms with van der Waals surface area (Å²) in [7, 11) is 0. The predicted octanol–water partition coefficient (Wildman–Crippen LogP) is 2.91. The molecule has 0 spiro atoms. The molecule has 2 aromatic rings. The van der Waals surface area contributed by atoms with Crippen LogP contribution in [0.25, 0.3) is 0 Å². The summed E-state index contributed by atoms with van der Waals surface area (Å²) in [5.41, 5.74) is 3.34. The average molecular weight is 314 g/mol. The van der Waals surface area contributed by atoms with Gasteiger partial charge in [-0.25, -0.2) is 0 Å². The Hall–Kier alpha value is -2.89. The van der Waals surface area contributed by atoms with Gasteiger partial charge in [-0.3, -0.25) is 14.9 Å². The monoisotopic (exact) mass is 314 g/mol. The molecule has 0 aromatic heterocycles. The zero-order valence-corrected chi connectivity index (χ0v) is 13.0. The van der Waals surface area contributed by atoms with Gasteiger partial charge in [-0.1, -0.05) is 23.8 Å². The predicted molar refractivity (Wildman–Crippen MR) is 86.4 cm³/mol. The van der Waals surface area contributed by atoms with Gasteiger partial charge in [0.05, 0.1) is 4.92 Å². The lowest BCUT2D eigenvalue weighted by Gasteiger charge is -2.10. The molecule has 0 heterocycles. The Bertz CT molecular complexity index is 711. The van der Waals surface area contributed by atoms with Gasteiger partial charge in [0.25, 0.3) is 11.6 Å². The van der Waals surface area contributed by atoms with Crippen LogP contribution in [0.2, 0.25) is 0 Å². The molecule has 0 unspecified atom stereocenters. The van der Waals surface area contributed by atoms with Crippen molar-refractivity contribution < 1.29 is 14.5 Å². The fourth-order valence-corrected chi connectivity index (χ4v) is 2.10. The van der Waals surface area contributed by atoms with Gasteiger partial charge in [0.2, 0.25) is 0 Å². The van der Waals surface area contributed by atoms with Crippen molar-refractivity contribution >= 4 is 11.6 Å². The van der Waals surface area contributed by atoms with Crippen LogP contribution in [0.1, 0.15) is 16.7 Å². The first kappa shape index (κ1) is 16.5. The van der Waals surface area contributed by atoms with Gasteiger partial charge in [0.15, 0.2) is 6.61 Å². The molecule has 0 saturated carbocycles. The highest BCUT2D eigenvalue weighted by molar-refractivity contribution is 5.77. The minimum Gasteiger partial charge on any atom is -0.484 e. The van der Waals surface area contributed by atoms with E-state index in [1.165, 1.54) is 29.8 Å². The lowest BCUT2D eigenvalue weighted by molar-refractivity contribution is -0.384. The number of ether oxygens (including phenoxy) is 1. The SMILES string of the molecule is Cc1ccc(CNC(=O)COc2ccc([N+](=O)[O-])cc2)c(C)c1. The molecule has 0 aliphatic heterocycles. The summed E-state index contributed by atoms with van der Waals surface area (Å²) in [4.78, 5) is 21.9.